The molecular weight excluding hydrogens is 641 g/mol. The van der Waals surface area contributed by atoms with Crippen molar-refractivity contribution >= 4 is 35.8 Å². The van der Waals surface area contributed by atoms with Crippen LogP contribution in [0.1, 0.15) is 41.9 Å². The Morgan fingerprint density at radius 3 is 1.88 bits per heavy atom. The summed E-state index contributed by atoms with van der Waals surface area (Å²) in [5, 5.41) is 1.46. The molecule has 5 rings (SSSR count). The average Bonchev–Trinajstić information content (AvgIpc) is 3.58. The number of hydrogen-bond acceptors (Lipinski definition) is 8. The van der Waals surface area contributed by atoms with E-state index in [9.17, 15) is 8.63 Å². The molecule has 0 saturated carbocycles. The van der Waals surface area contributed by atoms with Crippen LogP contribution < -0.4 is 21.5 Å². The molecule has 3 heterocycles. The Balaban J connectivity index is 1.32. The second kappa shape index (κ2) is 17.6. The molecule has 1 fully saturated rings. The van der Waals surface area contributed by atoms with E-state index in [-0.39, 0.29) is 0 Å². The van der Waals surface area contributed by atoms with Crippen molar-refractivity contribution in [1.29, 1.82) is 0 Å². The maximum Gasteiger partial charge on any atom is 0.934 e. The van der Waals surface area contributed by atoms with E-state index >= 15 is 0 Å². The fourth-order valence-electron chi connectivity index (χ4n) is 6.22. The van der Waals surface area contributed by atoms with Crippen LogP contribution in [0.25, 0.3) is 11.3 Å². The maximum atomic E-state index is 14.3. The van der Waals surface area contributed by atoms with Gasteiger partial charge in [-0.1, -0.05) is 24.3 Å². The van der Waals surface area contributed by atoms with Crippen molar-refractivity contribution in [2.24, 2.45) is 11.6 Å². The maximum absolute atomic E-state index is 14.3. The lowest BCUT2D eigenvalue weighted by Crippen LogP contribution is -2.31. The summed E-state index contributed by atoms with van der Waals surface area (Å²) < 4.78 is 52.4. The van der Waals surface area contributed by atoms with Gasteiger partial charge in [0.05, 0.1) is 75.5 Å². The molecule has 0 radical (unpaired) electrons. The quantitative estimate of drug-likeness (QED) is 0.175. The lowest BCUT2D eigenvalue weighted by atomic mass is 9.94. The van der Waals surface area contributed by atoms with Crippen molar-refractivity contribution in [2.45, 2.75) is 27.7 Å². The van der Waals surface area contributed by atoms with Gasteiger partial charge in [0.15, 0.2) is 11.4 Å². The Kier molecular flexibility index (Phi) is 13.0. The van der Waals surface area contributed by atoms with E-state index in [4.69, 9.17) is 30.5 Å². The molecule has 13 heteroatoms. The number of halogens is 2. The summed E-state index contributed by atoms with van der Waals surface area (Å²) in [6.07, 6.45) is 3.46. The van der Waals surface area contributed by atoms with Gasteiger partial charge in [-0.05, 0) is 67.8 Å². The average molecular weight is 690 g/mol. The molecule has 0 atom stereocenters. The van der Waals surface area contributed by atoms with Crippen LogP contribution >= 0.6 is 0 Å². The van der Waals surface area contributed by atoms with Gasteiger partial charge in [0.1, 0.15) is 0 Å². The Morgan fingerprint density at radius 2 is 1.36 bits per heavy atom. The molecule has 2 aromatic carbocycles. The number of ether oxygens (including phenoxy) is 4. The third-order valence-corrected chi connectivity index (χ3v) is 8.68. The lowest BCUT2D eigenvalue weighted by molar-refractivity contribution is -0.343. The molecule has 5 N–H and O–H groups in total. The highest BCUT2D eigenvalue weighted by Crippen LogP contribution is 2.36. The van der Waals surface area contributed by atoms with Crippen LogP contribution in [0.4, 0.5) is 20.0 Å². The molecule has 50 heavy (non-hydrogen) atoms. The Bertz CT molecular complexity index is 1700. The number of aromatic nitrogens is 1. The number of hydrazine groups is 1. The van der Waals surface area contributed by atoms with Crippen LogP contribution in [0.3, 0.4) is 0 Å². The van der Waals surface area contributed by atoms with Crippen LogP contribution in [0.5, 0.6) is 0 Å². The second-order valence-electron chi connectivity index (χ2n) is 12.4. The summed E-state index contributed by atoms with van der Waals surface area (Å²) in [4.78, 5) is 5.60. The normalized spacial score (nSPS) is 18.4. The zero-order valence-electron chi connectivity index (χ0n) is 29.4. The summed E-state index contributed by atoms with van der Waals surface area (Å²) in [6.45, 7) is 13.2. The van der Waals surface area contributed by atoms with Gasteiger partial charge in [0, 0.05) is 49.2 Å². The number of nitrogens with two attached hydrogens (primary N) is 2. The van der Waals surface area contributed by atoms with Gasteiger partial charge in [-0.2, -0.15) is 0 Å². The molecule has 0 spiro atoms. The molecule has 0 aliphatic carbocycles. The summed E-state index contributed by atoms with van der Waals surface area (Å²) in [5.74, 6) is 6.47. The van der Waals surface area contributed by atoms with Crippen molar-refractivity contribution < 1.29 is 32.1 Å². The van der Waals surface area contributed by atoms with E-state index < -0.39 is 7.40 Å². The first-order valence-corrected chi connectivity index (χ1v) is 16.9. The molecular formula is C37H48BF2N6O4+. The molecule has 266 valence electrons. The summed E-state index contributed by atoms with van der Waals surface area (Å²) in [5.41, 5.74) is 15.5. The van der Waals surface area contributed by atoms with Crippen LogP contribution in [0.2, 0.25) is 0 Å². The zero-order chi connectivity index (χ0) is 35.6. The topological polar surface area (TPSA) is 114 Å². The number of benzene rings is 2. The minimum atomic E-state index is -2.68. The van der Waals surface area contributed by atoms with Crippen LogP contribution in [0.15, 0.2) is 78.1 Å². The zero-order valence-corrected chi connectivity index (χ0v) is 29.4. The van der Waals surface area contributed by atoms with Crippen LogP contribution in [-0.2, 0) is 18.9 Å². The monoisotopic (exact) mass is 689 g/mol. The first-order chi connectivity index (χ1) is 24.1. The Morgan fingerprint density at radius 1 is 0.820 bits per heavy atom. The summed E-state index contributed by atoms with van der Waals surface area (Å²) >= 11 is 0. The molecule has 0 amide bonds. The number of anilines is 2. The van der Waals surface area contributed by atoms with Crippen molar-refractivity contribution in [3.8, 4) is 0 Å². The van der Waals surface area contributed by atoms with E-state index in [0.29, 0.717) is 94.3 Å². The van der Waals surface area contributed by atoms with Gasteiger partial charge < -0.3 is 34.6 Å². The minimum absolute atomic E-state index is 0.477. The number of nitrogens with one attached hydrogen (secondary N) is 1. The molecule has 3 aromatic rings. The number of rotatable bonds is 7. The van der Waals surface area contributed by atoms with E-state index in [1.165, 1.54) is 5.01 Å². The first-order valence-electron chi connectivity index (χ1n) is 16.9. The number of H-pyrrole nitrogens is 1. The second-order valence-corrected chi connectivity index (χ2v) is 12.4. The van der Waals surface area contributed by atoms with Gasteiger partial charge in [-0.3, -0.25) is 5.01 Å². The van der Waals surface area contributed by atoms with Gasteiger partial charge in [0.2, 0.25) is 0 Å². The van der Waals surface area contributed by atoms with E-state index in [0.717, 1.165) is 43.8 Å². The number of hydrogen-bond donors (Lipinski definition) is 3. The smallest absolute Gasteiger partial charge is 0.397 e. The predicted molar refractivity (Wildman–Crippen MR) is 196 cm³/mol. The van der Waals surface area contributed by atoms with E-state index in [1.54, 1.807) is 19.2 Å². The summed E-state index contributed by atoms with van der Waals surface area (Å²) in [6, 6.07) is 17.5. The molecule has 0 bridgehead atoms. The Labute approximate surface area is 293 Å². The minimum Gasteiger partial charge on any atom is -0.397 e. The molecule has 2 aliphatic heterocycles. The fraction of sp³-hybridized carbons (Fsp3) is 0.378. The highest BCUT2D eigenvalue weighted by Gasteiger charge is 2.44. The predicted octanol–water partition coefficient (Wildman–Crippen LogP) is 5.27. The van der Waals surface area contributed by atoms with Gasteiger partial charge in [0.25, 0.3) is 0 Å². The van der Waals surface area contributed by atoms with Crippen molar-refractivity contribution in [3.63, 3.8) is 0 Å². The molecule has 0 unspecified atom stereocenters. The number of allylic oxidation sites excluding steroid dienone is 2. The van der Waals surface area contributed by atoms with Gasteiger partial charge in [-0.15, -0.1) is 0 Å². The standard InChI is InChI=1S/C37H47BF2N6O4/c1-26-23-28(3)43-36(26)35(37-27(2)24-29(4)46(37)38(39)40)31-7-11-33(12-8-31)45(42)25-34(41)30-5-9-32(10-6-30)44-13-15-47-17-19-49-21-22-50-20-18-48-16-14-44/h5-12,23-25H,13-22,41-42H2,1-4H3/p+1/b34-25-. The van der Waals surface area contributed by atoms with Gasteiger partial charge >= 0.3 is 7.40 Å². The highest BCUT2D eigenvalue weighted by atomic mass is 19.2. The molecule has 1 aromatic heterocycles. The van der Waals surface area contributed by atoms with Crippen molar-refractivity contribution in [2.75, 3.05) is 75.9 Å². The highest BCUT2D eigenvalue weighted by molar-refractivity contribution is 6.35. The van der Waals surface area contributed by atoms with Crippen LogP contribution in [0, 0.1) is 13.8 Å². The van der Waals surface area contributed by atoms with Crippen LogP contribution in [-0.4, -0.2) is 88.5 Å². The molecule has 1 saturated heterocycles. The fourth-order valence-corrected chi connectivity index (χ4v) is 6.22. The number of aryl methyl sites for hydroxylation is 2. The largest absolute Gasteiger partial charge is 0.934 e. The van der Waals surface area contributed by atoms with E-state index in [1.807, 2.05) is 75.4 Å². The van der Waals surface area contributed by atoms with Gasteiger partial charge in [-0.25, -0.2) is 19.0 Å². The van der Waals surface area contributed by atoms with Crippen molar-refractivity contribution in [3.05, 3.63) is 106 Å². The molecule has 10 nitrogen and oxygen atoms in total. The lowest BCUT2D eigenvalue weighted by Gasteiger charge is -2.25. The third kappa shape index (κ3) is 9.29. The first kappa shape index (κ1) is 37.0. The Hall–Kier alpha value is -4.27. The van der Waals surface area contributed by atoms with Crippen molar-refractivity contribution in [1.82, 2.24) is 4.98 Å². The molecule has 2 aliphatic rings. The number of aromatic amines is 1. The summed E-state index contributed by atoms with van der Waals surface area (Å²) in [7, 11) is -2.68. The number of nitrogens with zero attached hydrogens (tertiary/aromatic N) is 3. The third-order valence-electron chi connectivity index (χ3n) is 8.68. The van der Waals surface area contributed by atoms with E-state index in [2.05, 4.69) is 9.88 Å². The SMILES string of the molecule is CC1=CC(C)=[N+](B(F)F)/C1=C(/c1ccc(N(N)/C=C(\N)c2ccc(N3CCOCCOCCOCCOCC3)cc2)cc1)c1[nH]c(C)cc1C.